The first-order valence-electron chi connectivity index (χ1n) is 6.57. The second-order valence-corrected chi connectivity index (χ2v) is 5.88. The van der Waals surface area contributed by atoms with Gasteiger partial charge in [0.05, 0.1) is 11.1 Å². The van der Waals surface area contributed by atoms with Gasteiger partial charge in [0.1, 0.15) is 11.5 Å². The number of aryl methyl sites for hydroxylation is 2. The number of carbonyl (C=O) groups is 1. The van der Waals surface area contributed by atoms with Crippen LogP contribution in [0, 0.1) is 26.7 Å². The SMILES string of the molecule is Cc1oc(C)c(C(=O)N2CC(N)(C3CC3)C2)c1C. The van der Waals surface area contributed by atoms with Gasteiger partial charge < -0.3 is 15.1 Å². The van der Waals surface area contributed by atoms with Gasteiger partial charge >= 0.3 is 0 Å². The normalized spacial score (nSPS) is 21.9. The number of likely N-dealkylation sites (tertiary alicyclic amines) is 1. The van der Waals surface area contributed by atoms with Crippen molar-refractivity contribution in [3.63, 3.8) is 0 Å². The molecule has 4 nitrogen and oxygen atoms in total. The molecule has 2 N–H and O–H groups in total. The lowest BCUT2D eigenvalue weighted by Crippen LogP contribution is -2.69. The molecular formula is C14H20N2O2. The largest absolute Gasteiger partial charge is 0.466 e. The molecule has 2 aliphatic rings. The van der Waals surface area contributed by atoms with Gasteiger partial charge in [-0.1, -0.05) is 0 Å². The van der Waals surface area contributed by atoms with Crippen LogP contribution in [0.1, 0.15) is 40.3 Å². The summed E-state index contributed by atoms with van der Waals surface area (Å²) in [5.41, 5.74) is 7.85. The second kappa shape index (κ2) is 3.60. The van der Waals surface area contributed by atoms with Gasteiger partial charge in [-0.15, -0.1) is 0 Å². The molecule has 0 spiro atoms. The lowest BCUT2D eigenvalue weighted by Gasteiger charge is -2.48. The van der Waals surface area contributed by atoms with Crippen LogP contribution >= 0.6 is 0 Å². The van der Waals surface area contributed by atoms with Gasteiger partial charge in [-0.3, -0.25) is 4.79 Å². The molecule has 1 amide bonds. The summed E-state index contributed by atoms with van der Waals surface area (Å²) >= 11 is 0. The van der Waals surface area contributed by atoms with Crippen molar-refractivity contribution in [3.05, 3.63) is 22.6 Å². The zero-order valence-electron chi connectivity index (χ0n) is 11.2. The molecule has 1 aromatic rings. The van der Waals surface area contributed by atoms with Crippen LogP contribution in [0.4, 0.5) is 0 Å². The van der Waals surface area contributed by atoms with Crippen LogP contribution < -0.4 is 5.73 Å². The van der Waals surface area contributed by atoms with Gasteiger partial charge in [0.25, 0.3) is 5.91 Å². The van der Waals surface area contributed by atoms with Crippen molar-refractivity contribution in [2.24, 2.45) is 11.7 Å². The molecule has 0 unspecified atom stereocenters. The zero-order chi connectivity index (χ0) is 13.1. The number of furan rings is 1. The number of carbonyl (C=O) groups excluding carboxylic acids is 1. The predicted molar refractivity (Wildman–Crippen MR) is 68.5 cm³/mol. The van der Waals surface area contributed by atoms with Crippen LogP contribution in [0.5, 0.6) is 0 Å². The Morgan fingerprint density at radius 1 is 1.28 bits per heavy atom. The molecule has 3 rings (SSSR count). The molecule has 4 heteroatoms. The lowest BCUT2D eigenvalue weighted by atomic mass is 9.85. The molecular weight excluding hydrogens is 228 g/mol. The highest BCUT2D eigenvalue weighted by Crippen LogP contribution is 2.43. The minimum atomic E-state index is -0.115. The van der Waals surface area contributed by atoms with E-state index in [2.05, 4.69) is 0 Å². The Bertz CT molecular complexity index is 508. The molecule has 1 aromatic heterocycles. The number of hydrogen-bond donors (Lipinski definition) is 1. The zero-order valence-corrected chi connectivity index (χ0v) is 11.2. The summed E-state index contributed by atoms with van der Waals surface area (Å²) in [5.74, 6) is 2.26. The number of hydrogen-bond acceptors (Lipinski definition) is 3. The second-order valence-electron chi connectivity index (χ2n) is 5.88. The van der Waals surface area contributed by atoms with Gasteiger partial charge in [0.15, 0.2) is 0 Å². The third kappa shape index (κ3) is 1.59. The lowest BCUT2D eigenvalue weighted by molar-refractivity contribution is 0.0348. The standard InChI is InChI=1S/C14H20N2O2/c1-8-9(2)18-10(3)12(8)13(17)16-6-14(15,7-16)11-4-5-11/h11H,4-7,15H2,1-3H3. The van der Waals surface area contributed by atoms with E-state index in [4.69, 9.17) is 10.2 Å². The van der Waals surface area contributed by atoms with Gasteiger partial charge in [-0.2, -0.15) is 0 Å². The maximum Gasteiger partial charge on any atom is 0.257 e. The van der Waals surface area contributed by atoms with Crippen LogP contribution in [-0.4, -0.2) is 29.4 Å². The number of rotatable bonds is 2. The summed E-state index contributed by atoms with van der Waals surface area (Å²) < 4.78 is 5.52. The highest BCUT2D eigenvalue weighted by Gasteiger charge is 2.52. The number of nitrogens with zero attached hydrogens (tertiary/aromatic N) is 1. The first-order valence-corrected chi connectivity index (χ1v) is 6.57. The summed E-state index contributed by atoms with van der Waals surface area (Å²) in [7, 11) is 0. The van der Waals surface area contributed by atoms with Crippen molar-refractivity contribution < 1.29 is 9.21 Å². The third-order valence-electron chi connectivity index (χ3n) is 4.42. The number of nitrogens with two attached hydrogens (primary N) is 1. The molecule has 0 radical (unpaired) electrons. The third-order valence-corrected chi connectivity index (χ3v) is 4.42. The average Bonchev–Trinajstić information content (AvgIpc) is 3.04. The first-order chi connectivity index (χ1) is 8.42. The van der Waals surface area contributed by atoms with E-state index in [9.17, 15) is 4.79 Å². The number of amides is 1. The van der Waals surface area contributed by atoms with Crippen LogP contribution in [0.3, 0.4) is 0 Å². The fraction of sp³-hybridized carbons (Fsp3) is 0.643. The van der Waals surface area contributed by atoms with Crippen molar-refractivity contribution in [1.29, 1.82) is 0 Å². The maximum absolute atomic E-state index is 12.4. The summed E-state index contributed by atoms with van der Waals surface area (Å²) in [5, 5.41) is 0. The molecule has 0 atom stereocenters. The van der Waals surface area contributed by atoms with E-state index in [0.29, 0.717) is 19.0 Å². The van der Waals surface area contributed by atoms with Gasteiger partial charge in [0.2, 0.25) is 0 Å². The van der Waals surface area contributed by atoms with Crippen LogP contribution in [0.15, 0.2) is 4.42 Å². The Hall–Kier alpha value is -1.29. The van der Waals surface area contributed by atoms with E-state index >= 15 is 0 Å². The first kappa shape index (κ1) is 11.8. The van der Waals surface area contributed by atoms with Crippen LogP contribution in [0.25, 0.3) is 0 Å². The minimum absolute atomic E-state index is 0.0728. The quantitative estimate of drug-likeness (QED) is 0.867. The van der Waals surface area contributed by atoms with E-state index < -0.39 is 0 Å². The predicted octanol–water partition coefficient (Wildman–Crippen LogP) is 1.77. The minimum Gasteiger partial charge on any atom is -0.466 e. The Kier molecular flexibility index (Phi) is 2.36. The van der Waals surface area contributed by atoms with E-state index in [-0.39, 0.29) is 11.4 Å². The summed E-state index contributed by atoms with van der Waals surface area (Å²) in [6.07, 6.45) is 2.45. The van der Waals surface area contributed by atoms with E-state index in [1.165, 1.54) is 12.8 Å². The summed E-state index contributed by atoms with van der Waals surface area (Å²) in [6.45, 7) is 7.07. The van der Waals surface area contributed by atoms with Crippen molar-refractivity contribution in [1.82, 2.24) is 4.90 Å². The van der Waals surface area contributed by atoms with Crippen molar-refractivity contribution in [3.8, 4) is 0 Å². The molecule has 0 bridgehead atoms. The molecule has 1 aliphatic heterocycles. The van der Waals surface area contributed by atoms with Crippen molar-refractivity contribution in [2.45, 2.75) is 39.2 Å². The Balaban J connectivity index is 1.76. The average molecular weight is 248 g/mol. The molecule has 98 valence electrons. The van der Waals surface area contributed by atoms with Crippen molar-refractivity contribution in [2.75, 3.05) is 13.1 Å². The molecule has 1 saturated carbocycles. The Labute approximate surface area is 107 Å². The topological polar surface area (TPSA) is 59.5 Å². The highest BCUT2D eigenvalue weighted by atomic mass is 16.3. The fourth-order valence-electron chi connectivity index (χ4n) is 2.99. The van der Waals surface area contributed by atoms with E-state index in [1.54, 1.807) is 0 Å². The van der Waals surface area contributed by atoms with Gasteiger partial charge in [0, 0.05) is 18.7 Å². The Morgan fingerprint density at radius 2 is 1.89 bits per heavy atom. The monoisotopic (exact) mass is 248 g/mol. The maximum atomic E-state index is 12.4. The molecule has 18 heavy (non-hydrogen) atoms. The highest BCUT2D eigenvalue weighted by molar-refractivity contribution is 5.97. The van der Waals surface area contributed by atoms with E-state index in [0.717, 1.165) is 22.6 Å². The van der Waals surface area contributed by atoms with Crippen LogP contribution in [0.2, 0.25) is 0 Å². The molecule has 2 fully saturated rings. The van der Waals surface area contributed by atoms with Crippen LogP contribution in [-0.2, 0) is 0 Å². The van der Waals surface area contributed by atoms with Crippen molar-refractivity contribution >= 4 is 5.91 Å². The summed E-state index contributed by atoms with van der Waals surface area (Å²) in [6, 6.07) is 0. The van der Waals surface area contributed by atoms with E-state index in [1.807, 2.05) is 25.7 Å². The molecule has 0 aromatic carbocycles. The Morgan fingerprint density at radius 3 is 2.33 bits per heavy atom. The molecule has 1 aliphatic carbocycles. The van der Waals surface area contributed by atoms with Gasteiger partial charge in [-0.05, 0) is 39.5 Å². The fourth-order valence-corrected chi connectivity index (χ4v) is 2.99. The van der Waals surface area contributed by atoms with Gasteiger partial charge in [-0.25, -0.2) is 0 Å². The molecule has 1 saturated heterocycles. The molecule has 2 heterocycles. The summed E-state index contributed by atoms with van der Waals surface area (Å²) in [4.78, 5) is 14.3. The smallest absolute Gasteiger partial charge is 0.257 e.